The van der Waals surface area contributed by atoms with Crippen LogP contribution in [0.1, 0.15) is 25.8 Å². The molecule has 1 heterocycles. The number of likely N-dealkylation sites (tertiary alicyclic amines) is 1. The van der Waals surface area contributed by atoms with E-state index in [1.54, 1.807) is 6.07 Å². The van der Waals surface area contributed by atoms with Crippen molar-refractivity contribution in [2.45, 2.75) is 27.2 Å². The number of carbonyl (C=O) groups excluding carboxylic acids is 1. The van der Waals surface area contributed by atoms with Gasteiger partial charge in [-0.3, -0.25) is 0 Å². The lowest BCUT2D eigenvalue weighted by atomic mass is 9.92. The zero-order valence-corrected chi connectivity index (χ0v) is 12.5. The number of nitrogens with zero attached hydrogens (tertiary/aromatic N) is 1. The van der Waals surface area contributed by atoms with Crippen molar-refractivity contribution in [3.05, 3.63) is 28.8 Å². The van der Waals surface area contributed by atoms with Crippen LogP contribution in [0.5, 0.6) is 0 Å². The number of benzene rings is 1. The van der Waals surface area contributed by atoms with Crippen molar-refractivity contribution >= 4 is 23.3 Å². The molecule has 104 valence electrons. The summed E-state index contributed by atoms with van der Waals surface area (Å²) in [6.45, 7) is 7.99. The van der Waals surface area contributed by atoms with Gasteiger partial charge in [0.1, 0.15) is 0 Å². The van der Waals surface area contributed by atoms with Crippen molar-refractivity contribution in [3.63, 3.8) is 0 Å². The number of aryl methyl sites for hydroxylation is 1. The van der Waals surface area contributed by atoms with Crippen molar-refractivity contribution in [2.24, 2.45) is 11.8 Å². The molecule has 3 nitrogen and oxygen atoms in total. The van der Waals surface area contributed by atoms with Crippen LogP contribution in [0, 0.1) is 18.8 Å². The van der Waals surface area contributed by atoms with Gasteiger partial charge in [-0.25, -0.2) is 4.79 Å². The van der Waals surface area contributed by atoms with Gasteiger partial charge in [-0.2, -0.15) is 0 Å². The first-order chi connectivity index (χ1) is 8.95. The van der Waals surface area contributed by atoms with Gasteiger partial charge in [-0.05, 0) is 42.9 Å². The normalized spacial score (nSPS) is 23.3. The number of amides is 2. The minimum Gasteiger partial charge on any atom is -0.324 e. The molecule has 1 aromatic carbocycles. The number of halogens is 1. The van der Waals surface area contributed by atoms with Crippen LogP contribution in [0.4, 0.5) is 10.5 Å². The highest BCUT2D eigenvalue weighted by atomic mass is 35.5. The zero-order valence-electron chi connectivity index (χ0n) is 11.7. The fraction of sp³-hybridized carbons (Fsp3) is 0.533. The molecule has 4 heteroatoms. The molecule has 0 aliphatic carbocycles. The van der Waals surface area contributed by atoms with Crippen molar-refractivity contribution < 1.29 is 4.79 Å². The van der Waals surface area contributed by atoms with E-state index < -0.39 is 0 Å². The summed E-state index contributed by atoms with van der Waals surface area (Å²) < 4.78 is 0. The van der Waals surface area contributed by atoms with Crippen LogP contribution in [0.2, 0.25) is 5.02 Å². The van der Waals surface area contributed by atoms with Crippen LogP contribution in [-0.4, -0.2) is 24.0 Å². The van der Waals surface area contributed by atoms with Crippen LogP contribution in [0.3, 0.4) is 0 Å². The number of anilines is 1. The van der Waals surface area contributed by atoms with Gasteiger partial charge in [0.25, 0.3) is 0 Å². The summed E-state index contributed by atoms with van der Waals surface area (Å²) in [5.74, 6) is 1.13. The molecule has 2 amide bonds. The molecule has 0 radical (unpaired) electrons. The Hall–Kier alpha value is -1.22. The van der Waals surface area contributed by atoms with Gasteiger partial charge in [-0.15, -0.1) is 0 Å². The average Bonchev–Trinajstić information content (AvgIpc) is 2.32. The molecular formula is C15H21ClN2O. The number of urea groups is 1. The second-order valence-corrected chi connectivity index (χ2v) is 6.15. The minimum atomic E-state index is -0.0293. The van der Waals surface area contributed by atoms with E-state index in [0.717, 1.165) is 24.3 Å². The molecule has 1 fully saturated rings. The quantitative estimate of drug-likeness (QED) is 0.823. The second kappa shape index (κ2) is 5.83. The SMILES string of the molecule is Cc1ccc(NC(=O)N2C[C@H](C)C[C@H](C)C2)cc1Cl. The lowest BCUT2D eigenvalue weighted by Gasteiger charge is -2.34. The number of hydrogen-bond donors (Lipinski definition) is 1. The van der Waals surface area contributed by atoms with E-state index >= 15 is 0 Å². The Bertz CT molecular complexity index is 465. The van der Waals surface area contributed by atoms with Gasteiger partial charge in [0.15, 0.2) is 0 Å². The highest BCUT2D eigenvalue weighted by Gasteiger charge is 2.25. The monoisotopic (exact) mass is 280 g/mol. The zero-order chi connectivity index (χ0) is 14.0. The summed E-state index contributed by atoms with van der Waals surface area (Å²) in [4.78, 5) is 14.1. The fourth-order valence-corrected chi connectivity index (χ4v) is 2.88. The summed E-state index contributed by atoms with van der Waals surface area (Å²) in [7, 11) is 0. The predicted octanol–water partition coefficient (Wildman–Crippen LogP) is 4.16. The Morgan fingerprint density at radius 3 is 2.53 bits per heavy atom. The first kappa shape index (κ1) is 14.2. The Labute approximate surface area is 119 Å². The molecule has 1 N–H and O–H groups in total. The lowest BCUT2D eigenvalue weighted by molar-refractivity contribution is 0.156. The van der Waals surface area contributed by atoms with Crippen LogP contribution in [0.25, 0.3) is 0 Å². The van der Waals surface area contributed by atoms with Gasteiger partial charge >= 0.3 is 6.03 Å². The van der Waals surface area contributed by atoms with Crippen LogP contribution >= 0.6 is 11.6 Å². The van der Waals surface area contributed by atoms with E-state index in [1.165, 1.54) is 6.42 Å². The molecule has 0 unspecified atom stereocenters. The molecule has 0 bridgehead atoms. The lowest BCUT2D eigenvalue weighted by Crippen LogP contribution is -2.44. The van der Waals surface area contributed by atoms with Gasteiger partial charge in [-0.1, -0.05) is 31.5 Å². The maximum Gasteiger partial charge on any atom is 0.321 e. The van der Waals surface area contributed by atoms with E-state index in [0.29, 0.717) is 16.9 Å². The summed E-state index contributed by atoms with van der Waals surface area (Å²) in [6.07, 6.45) is 1.19. The summed E-state index contributed by atoms with van der Waals surface area (Å²) in [5, 5.41) is 3.60. The van der Waals surface area contributed by atoms with Crippen molar-refractivity contribution in [2.75, 3.05) is 18.4 Å². The molecule has 1 aliphatic rings. The average molecular weight is 281 g/mol. The third kappa shape index (κ3) is 3.63. The maximum atomic E-state index is 12.2. The Morgan fingerprint density at radius 1 is 1.32 bits per heavy atom. The number of carbonyl (C=O) groups is 1. The van der Waals surface area contributed by atoms with E-state index in [4.69, 9.17) is 11.6 Å². The molecule has 0 spiro atoms. The fourth-order valence-electron chi connectivity index (χ4n) is 2.70. The highest BCUT2D eigenvalue weighted by Crippen LogP contribution is 2.23. The molecule has 2 rings (SSSR count). The Balaban J connectivity index is 2.02. The highest BCUT2D eigenvalue weighted by molar-refractivity contribution is 6.31. The molecule has 0 aromatic heterocycles. The molecule has 2 atom stereocenters. The molecular weight excluding hydrogens is 260 g/mol. The molecule has 0 saturated carbocycles. The predicted molar refractivity (Wildman–Crippen MR) is 79.7 cm³/mol. The first-order valence-electron chi connectivity index (χ1n) is 6.77. The molecule has 19 heavy (non-hydrogen) atoms. The van der Waals surface area contributed by atoms with Crippen molar-refractivity contribution in [1.82, 2.24) is 4.90 Å². The molecule has 1 aliphatic heterocycles. The molecule has 1 saturated heterocycles. The Kier molecular flexibility index (Phi) is 4.35. The van der Waals surface area contributed by atoms with Crippen LogP contribution < -0.4 is 5.32 Å². The van der Waals surface area contributed by atoms with E-state index in [9.17, 15) is 4.79 Å². The van der Waals surface area contributed by atoms with E-state index in [-0.39, 0.29) is 6.03 Å². The Morgan fingerprint density at radius 2 is 1.95 bits per heavy atom. The first-order valence-corrected chi connectivity index (χ1v) is 7.15. The number of piperidine rings is 1. The maximum absolute atomic E-state index is 12.2. The minimum absolute atomic E-state index is 0.0293. The number of nitrogens with one attached hydrogen (secondary N) is 1. The van der Waals surface area contributed by atoms with Crippen molar-refractivity contribution in [1.29, 1.82) is 0 Å². The molecule has 1 aromatic rings. The van der Waals surface area contributed by atoms with E-state index in [1.807, 2.05) is 24.0 Å². The summed E-state index contributed by atoms with van der Waals surface area (Å²) >= 11 is 6.06. The third-order valence-corrected chi connectivity index (χ3v) is 3.99. The van der Waals surface area contributed by atoms with Crippen LogP contribution in [0.15, 0.2) is 18.2 Å². The van der Waals surface area contributed by atoms with Gasteiger partial charge in [0.05, 0.1) is 0 Å². The van der Waals surface area contributed by atoms with Crippen LogP contribution in [-0.2, 0) is 0 Å². The topological polar surface area (TPSA) is 32.3 Å². The summed E-state index contributed by atoms with van der Waals surface area (Å²) in [6, 6.07) is 5.57. The van der Waals surface area contributed by atoms with Gasteiger partial charge in [0, 0.05) is 23.8 Å². The van der Waals surface area contributed by atoms with E-state index in [2.05, 4.69) is 19.2 Å². The number of hydrogen-bond acceptors (Lipinski definition) is 1. The summed E-state index contributed by atoms with van der Waals surface area (Å²) in [5.41, 5.74) is 1.77. The second-order valence-electron chi connectivity index (χ2n) is 5.75. The largest absolute Gasteiger partial charge is 0.324 e. The van der Waals surface area contributed by atoms with Gasteiger partial charge in [0.2, 0.25) is 0 Å². The van der Waals surface area contributed by atoms with Gasteiger partial charge < -0.3 is 10.2 Å². The third-order valence-electron chi connectivity index (χ3n) is 3.58. The van der Waals surface area contributed by atoms with Crippen molar-refractivity contribution in [3.8, 4) is 0 Å². The standard InChI is InChI=1S/C15H21ClN2O/c1-10-6-11(2)9-18(8-10)15(19)17-13-5-4-12(3)14(16)7-13/h4-5,7,10-11H,6,8-9H2,1-3H3,(H,17,19)/t10-,11+. The smallest absolute Gasteiger partial charge is 0.321 e. The number of rotatable bonds is 1.